The molecule has 21 heavy (non-hydrogen) atoms. The van der Waals surface area contributed by atoms with Crippen molar-refractivity contribution in [2.24, 2.45) is 5.16 Å². The number of nitrogens with zero attached hydrogens (tertiary/aromatic N) is 1. The third-order valence-electron chi connectivity index (χ3n) is 3.05. The largest absolute Gasteiger partial charge is 0.488 e. The molecule has 0 atom stereocenters. The molecule has 2 aromatic carbocycles. The Labute approximate surface area is 127 Å². The number of oxime groups is 1. The quantitative estimate of drug-likeness (QED) is 0.496. The van der Waals surface area contributed by atoms with Crippen molar-refractivity contribution in [3.05, 3.63) is 64.4 Å². The molecule has 0 aliphatic heterocycles. The van der Waals surface area contributed by atoms with Crippen LogP contribution in [-0.2, 0) is 6.61 Å². The highest BCUT2D eigenvalue weighted by atomic mass is 35.5. The van der Waals surface area contributed by atoms with E-state index in [1.54, 1.807) is 24.3 Å². The molecule has 3 nitrogen and oxygen atoms in total. The Morgan fingerprint density at radius 2 is 2.05 bits per heavy atom. The molecule has 0 aliphatic rings. The average Bonchev–Trinajstić information content (AvgIpc) is 2.49. The molecular formula is C16H15ClFNO2. The molecule has 1 N–H and O–H groups in total. The lowest BCUT2D eigenvalue weighted by Gasteiger charge is -2.12. The second kappa shape index (κ2) is 7.09. The summed E-state index contributed by atoms with van der Waals surface area (Å²) in [6, 6.07) is 11.6. The first kappa shape index (κ1) is 15.3. The average molecular weight is 308 g/mol. The monoisotopic (exact) mass is 307 g/mol. The van der Waals surface area contributed by atoms with Gasteiger partial charge in [0.15, 0.2) is 0 Å². The lowest BCUT2D eigenvalue weighted by atomic mass is 10.1. The molecule has 2 aromatic rings. The highest BCUT2D eigenvalue weighted by Gasteiger charge is 2.10. The minimum absolute atomic E-state index is 0.0719. The molecule has 0 spiro atoms. The zero-order valence-electron chi connectivity index (χ0n) is 11.5. The zero-order chi connectivity index (χ0) is 15.2. The van der Waals surface area contributed by atoms with Crippen LogP contribution in [0.5, 0.6) is 5.75 Å². The van der Waals surface area contributed by atoms with E-state index >= 15 is 0 Å². The molecule has 110 valence electrons. The van der Waals surface area contributed by atoms with E-state index in [0.717, 1.165) is 0 Å². The summed E-state index contributed by atoms with van der Waals surface area (Å²) in [4.78, 5) is 0. The van der Waals surface area contributed by atoms with Crippen LogP contribution in [0.15, 0.2) is 47.6 Å². The number of para-hydroxylation sites is 1. The van der Waals surface area contributed by atoms with E-state index in [0.29, 0.717) is 34.0 Å². The molecule has 0 unspecified atom stereocenters. The number of hydrogen-bond acceptors (Lipinski definition) is 3. The summed E-state index contributed by atoms with van der Waals surface area (Å²) in [6.07, 6.45) is 0.562. The lowest BCUT2D eigenvalue weighted by molar-refractivity contribution is 0.297. The van der Waals surface area contributed by atoms with Crippen molar-refractivity contribution in [2.45, 2.75) is 20.0 Å². The molecule has 0 heterocycles. The second-order valence-corrected chi connectivity index (χ2v) is 4.86. The first-order chi connectivity index (χ1) is 10.2. The van der Waals surface area contributed by atoms with Gasteiger partial charge in [-0.25, -0.2) is 4.39 Å². The number of halogens is 2. The van der Waals surface area contributed by atoms with Gasteiger partial charge in [-0.05, 0) is 30.7 Å². The molecule has 0 radical (unpaired) electrons. The van der Waals surface area contributed by atoms with E-state index in [-0.39, 0.29) is 6.61 Å². The Morgan fingerprint density at radius 3 is 2.71 bits per heavy atom. The minimum atomic E-state index is -0.411. The molecular weight excluding hydrogens is 293 g/mol. The van der Waals surface area contributed by atoms with Gasteiger partial charge < -0.3 is 9.94 Å². The molecule has 0 fully saturated rings. The van der Waals surface area contributed by atoms with Crippen LogP contribution >= 0.6 is 11.6 Å². The fourth-order valence-electron chi connectivity index (χ4n) is 1.94. The lowest BCUT2D eigenvalue weighted by Crippen LogP contribution is -2.05. The van der Waals surface area contributed by atoms with Gasteiger partial charge in [-0.3, -0.25) is 0 Å². The summed E-state index contributed by atoms with van der Waals surface area (Å²) in [5, 5.41) is 12.6. The van der Waals surface area contributed by atoms with E-state index in [9.17, 15) is 4.39 Å². The van der Waals surface area contributed by atoms with Crippen molar-refractivity contribution in [3.63, 3.8) is 0 Å². The molecule has 0 aromatic heterocycles. The molecule has 0 aliphatic carbocycles. The number of ether oxygens (including phenoxy) is 1. The van der Waals surface area contributed by atoms with Gasteiger partial charge in [-0.15, -0.1) is 0 Å². The summed E-state index contributed by atoms with van der Waals surface area (Å²) >= 11 is 5.71. The molecule has 0 saturated carbocycles. The van der Waals surface area contributed by atoms with Crippen LogP contribution in [0.25, 0.3) is 0 Å². The van der Waals surface area contributed by atoms with Crippen LogP contribution < -0.4 is 4.74 Å². The van der Waals surface area contributed by atoms with Crippen molar-refractivity contribution in [3.8, 4) is 5.75 Å². The topological polar surface area (TPSA) is 41.8 Å². The molecule has 0 saturated heterocycles. The maximum atomic E-state index is 13.7. The maximum Gasteiger partial charge on any atom is 0.131 e. The molecule has 2 rings (SSSR count). The molecule has 0 bridgehead atoms. The van der Waals surface area contributed by atoms with E-state index < -0.39 is 5.82 Å². The van der Waals surface area contributed by atoms with Crippen molar-refractivity contribution in [1.82, 2.24) is 0 Å². The first-order valence-corrected chi connectivity index (χ1v) is 6.90. The predicted molar refractivity (Wildman–Crippen MR) is 80.8 cm³/mol. The van der Waals surface area contributed by atoms with Crippen LogP contribution in [0.3, 0.4) is 0 Å². The Morgan fingerprint density at radius 1 is 1.29 bits per heavy atom. The first-order valence-electron chi connectivity index (χ1n) is 6.52. The fourth-order valence-corrected chi connectivity index (χ4v) is 2.10. The maximum absolute atomic E-state index is 13.7. The van der Waals surface area contributed by atoms with Gasteiger partial charge in [0.25, 0.3) is 0 Å². The van der Waals surface area contributed by atoms with E-state index in [1.165, 1.54) is 6.07 Å². The summed E-state index contributed by atoms with van der Waals surface area (Å²) < 4.78 is 19.4. The van der Waals surface area contributed by atoms with Gasteiger partial charge in [-0.2, -0.15) is 0 Å². The summed E-state index contributed by atoms with van der Waals surface area (Å²) in [5.74, 6) is 0.132. The Balaban J connectivity index is 2.20. The van der Waals surface area contributed by atoms with Crippen LogP contribution in [0, 0.1) is 5.82 Å². The van der Waals surface area contributed by atoms with E-state index in [4.69, 9.17) is 21.5 Å². The number of benzene rings is 2. The Kier molecular flexibility index (Phi) is 5.17. The SMILES string of the molecule is CC/C(=N/O)c1ccccc1OCc1ccc(Cl)cc1F. The van der Waals surface area contributed by atoms with E-state index in [1.807, 2.05) is 19.1 Å². The summed E-state index contributed by atoms with van der Waals surface area (Å²) in [7, 11) is 0. The van der Waals surface area contributed by atoms with Gasteiger partial charge >= 0.3 is 0 Å². The third kappa shape index (κ3) is 3.73. The summed E-state index contributed by atoms with van der Waals surface area (Å²) in [5.41, 5.74) is 1.62. The van der Waals surface area contributed by atoms with Crippen LogP contribution in [-0.4, -0.2) is 10.9 Å². The van der Waals surface area contributed by atoms with Crippen molar-refractivity contribution in [1.29, 1.82) is 0 Å². The zero-order valence-corrected chi connectivity index (χ0v) is 12.3. The van der Waals surface area contributed by atoms with Gasteiger partial charge in [0.05, 0.1) is 5.71 Å². The Bertz CT molecular complexity index is 658. The molecule has 0 amide bonds. The number of hydrogen-bond donors (Lipinski definition) is 1. The van der Waals surface area contributed by atoms with Gasteiger partial charge in [0, 0.05) is 16.1 Å². The normalized spacial score (nSPS) is 11.5. The Hall–Kier alpha value is -2.07. The van der Waals surface area contributed by atoms with Crippen LogP contribution in [0.2, 0.25) is 5.02 Å². The smallest absolute Gasteiger partial charge is 0.131 e. The second-order valence-electron chi connectivity index (χ2n) is 4.42. The van der Waals surface area contributed by atoms with Crippen molar-refractivity contribution < 1.29 is 14.3 Å². The van der Waals surface area contributed by atoms with E-state index in [2.05, 4.69) is 5.16 Å². The van der Waals surface area contributed by atoms with Crippen LogP contribution in [0.1, 0.15) is 24.5 Å². The number of rotatable bonds is 5. The van der Waals surface area contributed by atoms with Gasteiger partial charge in [-0.1, -0.05) is 41.9 Å². The van der Waals surface area contributed by atoms with Crippen LogP contribution in [0.4, 0.5) is 4.39 Å². The minimum Gasteiger partial charge on any atom is -0.488 e. The predicted octanol–water partition coefficient (Wildman–Crippen LogP) is 4.65. The molecule has 5 heteroatoms. The fraction of sp³-hybridized carbons (Fsp3) is 0.188. The van der Waals surface area contributed by atoms with Gasteiger partial charge in [0.2, 0.25) is 0 Å². The standard InChI is InChI=1S/C16H15ClFNO2/c1-2-15(19-20)13-5-3-4-6-16(13)21-10-11-7-8-12(17)9-14(11)18/h3-9,20H,2,10H2,1H3/b19-15-. The third-order valence-corrected chi connectivity index (χ3v) is 3.29. The van der Waals surface area contributed by atoms with Gasteiger partial charge in [0.1, 0.15) is 18.2 Å². The summed E-state index contributed by atoms with van der Waals surface area (Å²) in [6.45, 7) is 1.95. The van der Waals surface area contributed by atoms with Crippen molar-refractivity contribution in [2.75, 3.05) is 0 Å². The highest BCUT2D eigenvalue weighted by molar-refractivity contribution is 6.30. The van der Waals surface area contributed by atoms with Crippen molar-refractivity contribution >= 4 is 17.3 Å². The highest BCUT2D eigenvalue weighted by Crippen LogP contribution is 2.22.